The number of nitrogens with zero attached hydrogens (tertiary/aromatic N) is 4. The van der Waals surface area contributed by atoms with Crippen molar-refractivity contribution >= 4 is 28.2 Å². The number of hydrogen-bond acceptors (Lipinski definition) is 6. The molecule has 0 amide bonds. The van der Waals surface area contributed by atoms with E-state index in [1.54, 1.807) is 18.5 Å². The lowest BCUT2D eigenvalue weighted by Crippen LogP contribution is -2.44. The van der Waals surface area contributed by atoms with Crippen molar-refractivity contribution in [1.82, 2.24) is 20.6 Å². The number of hydrogen-bond donors (Lipinski definition) is 3. The van der Waals surface area contributed by atoms with Crippen molar-refractivity contribution in [2.45, 2.75) is 0 Å². The molecule has 148 valence electrons. The van der Waals surface area contributed by atoms with Crippen LogP contribution < -0.4 is 26.3 Å². The largest absolute Gasteiger partial charge is 0.394 e. The summed E-state index contributed by atoms with van der Waals surface area (Å²) in [5.41, 5.74) is 7.76. The lowest BCUT2D eigenvalue weighted by atomic mass is 10.1. The first-order chi connectivity index (χ1) is 14.2. The van der Waals surface area contributed by atoms with Crippen LogP contribution in [0.4, 0.5) is 11.6 Å². The lowest BCUT2D eigenvalue weighted by molar-refractivity contribution is -0.375. The number of amidine groups is 1. The highest BCUT2D eigenvalue weighted by atomic mass is 15.2. The zero-order valence-electron chi connectivity index (χ0n) is 16.4. The van der Waals surface area contributed by atoms with Crippen LogP contribution in [0.3, 0.4) is 0 Å². The fourth-order valence-electron chi connectivity index (χ4n) is 3.36. The number of aromatic nitrogens is 3. The summed E-state index contributed by atoms with van der Waals surface area (Å²) < 4.78 is 0. The molecule has 29 heavy (non-hydrogen) atoms. The van der Waals surface area contributed by atoms with Gasteiger partial charge in [-0.2, -0.15) is 0 Å². The van der Waals surface area contributed by atoms with Gasteiger partial charge in [0.25, 0.3) is 0 Å². The highest BCUT2D eigenvalue weighted by Crippen LogP contribution is 2.30. The molecule has 4 rings (SSSR count). The third-order valence-electron chi connectivity index (χ3n) is 4.78. The van der Waals surface area contributed by atoms with Gasteiger partial charge < -0.3 is 21.3 Å². The predicted octanol–water partition coefficient (Wildman–Crippen LogP) is 1.24. The minimum Gasteiger partial charge on any atom is -0.394 e. The number of aromatic amines is 1. The molecule has 0 saturated carbocycles. The molecule has 3 aromatic rings. The number of aliphatic imine (C=N–C) groups is 1. The van der Waals surface area contributed by atoms with E-state index in [4.69, 9.17) is 10.7 Å². The molecule has 1 saturated heterocycles. The van der Waals surface area contributed by atoms with E-state index in [1.165, 1.54) is 0 Å². The highest BCUT2D eigenvalue weighted by Gasteiger charge is 2.17. The van der Waals surface area contributed by atoms with Crippen LogP contribution in [-0.4, -0.2) is 49.0 Å². The molecule has 0 aromatic carbocycles. The molecule has 1 aliphatic rings. The van der Waals surface area contributed by atoms with Gasteiger partial charge >= 0.3 is 0 Å². The van der Waals surface area contributed by atoms with Gasteiger partial charge in [-0.25, -0.2) is 19.9 Å². The lowest BCUT2D eigenvalue weighted by Gasteiger charge is -2.29. The predicted molar refractivity (Wildman–Crippen MR) is 116 cm³/mol. The van der Waals surface area contributed by atoms with Gasteiger partial charge in [0.15, 0.2) is 18.2 Å². The van der Waals surface area contributed by atoms with Crippen molar-refractivity contribution in [3.05, 3.63) is 55.1 Å². The normalized spacial score (nSPS) is 15.2. The van der Waals surface area contributed by atoms with Gasteiger partial charge in [-0.15, -0.1) is 0 Å². The van der Waals surface area contributed by atoms with E-state index in [0.29, 0.717) is 11.7 Å². The van der Waals surface area contributed by atoms with Gasteiger partial charge in [-0.05, 0) is 30.5 Å². The van der Waals surface area contributed by atoms with Gasteiger partial charge in [-0.3, -0.25) is 0 Å². The van der Waals surface area contributed by atoms with Crippen molar-refractivity contribution in [2.75, 3.05) is 38.1 Å². The van der Waals surface area contributed by atoms with E-state index < -0.39 is 0 Å². The fraction of sp³-hybridized carbons (Fsp3) is 0.238. The molecule has 0 radical (unpaired) electrons. The standard InChI is InChI=1S/C21H24N8/c1-23-5-4-19(22)28-20-13-15(2-7-26-20)18-12-16-14-25-6-3-17(16)21(27-18)29-10-8-24-9-11-29/h2-7,12-14,23-24H,8-11H2,1H3,(H2,22,26,28)/p+1/b5-4-. The molecule has 3 aromatic heterocycles. The average Bonchev–Trinajstić information content (AvgIpc) is 2.77. The third-order valence-corrected chi connectivity index (χ3v) is 4.78. The summed E-state index contributed by atoms with van der Waals surface area (Å²) in [6, 6.07) is 8.02. The number of nitrogens with two attached hydrogens (primary N) is 1. The maximum Gasteiger partial charge on any atom is 0.175 e. The Hall–Kier alpha value is -3.52. The van der Waals surface area contributed by atoms with Gasteiger partial charge in [0.05, 0.1) is 11.1 Å². The quantitative estimate of drug-likeness (QED) is 0.448. The summed E-state index contributed by atoms with van der Waals surface area (Å²) in [6.07, 6.45) is 9.10. The van der Waals surface area contributed by atoms with Crippen LogP contribution in [0.5, 0.6) is 0 Å². The van der Waals surface area contributed by atoms with Gasteiger partial charge in [0.1, 0.15) is 11.7 Å². The molecule has 8 heteroatoms. The van der Waals surface area contributed by atoms with E-state index in [0.717, 1.165) is 54.0 Å². The number of piperazine rings is 1. The molecule has 0 aliphatic carbocycles. The highest BCUT2D eigenvalue weighted by molar-refractivity contribution is 5.95. The Morgan fingerprint density at radius 3 is 3.00 bits per heavy atom. The van der Waals surface area contributed by atoms with E-state index in [2.05, 4.69) is 42.6 Å². The molecule has 1 fully saturated rings. The SMILES string of the molecule is CN/C=C\C(N)=Nc1cc(-c2cc3c[nH+]ccc3c(N3CCNCC3)n2)ccn1. The summed E-state index contributed by atoms with van der Waals surface area (Å²) in [5, 5.41) is 8.55. The van der Waals surface area contributed by atoms with Crippen LogP contribution in [0.25, 0.3) is 22.0 Å². The minimum absolute atomic E-state index is 0.381. The zero-order chi connectivity index (χ0) is 20.1. The van der Waals surface area contributed by atoms with Gasteiger partial charge in [-0.1, -0.05) is 0 Å². The van der Waals surface area contributed by atoms with Crippen LogP contribution >= 0.6 is 0 Å². The molecular formula is C21H25N8+. The average molecular weight is 389 g/mol. The monoisotopic (exact) mass is 389 g/mol. The second kappa shape index (κ2) is 8.66. The summed E-state index contributed by atoms with van der Waals surface area (Å²) in [6.45, 7) is 3.79. The van der Waals surface area contributed by atoms with Crippen LogP contribution in [0.15, 0.2) is 60.1 Å². The Balaban J connectivity index is 1.76. The smallest absolute Gasteiger partial charge is 0.175 e. The molecule has 8 nitrogen and oxygen atoms in total. The number of fused-ring (bicyclic) bond motifs is 1. The molecule has 0 unspecified atom stereocenters. The number of nitrogens with one attached hydrogen (secondary N) is 3. The number of pyridine rings is 3. The Labute approximate surface area is 169 Å². The molecule has 0 atom stereocenters. The fourth-order valence-corrected chi connectivity index (χ4v) is 3.36. The van der Waals surface area contributed by atoms with Crippen LogP contribution in [-0.2, 0) is 0 Å². The summed E-state index contributed by atoms with van der Waals surface area (Å²) in [4.78, 5) is 19.2. The number of H-pyrrole nitrogens is 1. The van der Waals surface area contributed by atoms with Crippen molar-refractivity contribution < 1.29 is 4.98 Å². The Kier molecular flexibility index (Phi) is 5.62. The van der Waals surface area contributed by atoms with Gasteiger partial charge in [0.2, 0.25) is 0 Å². The maximum atomic E-state index is 5.93. The van der Waals surface area contributed by atoms with Crippen molar-refractivity contribution in [3.8, 4) is 11.3 Å². The van der Waals surface area contributed by atoms with Gasteiger partial charge in [0, 0.05) is 56.4 Å². The van der Waals surface area contributed by atoms with E-state index in [1.807, 2.05) is 31.6 Å². The third kappa shape index (κ3) is 4.33. The zero-order valence-corrected chi connectivity index (χ0v) is 16.4. The van der Waals surface area contributed by atoms with E-state index >= 15 is 0 Å². The first kappa shape index (κ1) is 18.8. The molecule has 5 N–H and O–H groups in total. The number of rotatable bonds is 5. The van der Waals surface area contributed by atoms with Crippen LogP contribution in [0, 0.1) is 0 Å². The Morgan fingerprint density at radius 2 is 2.17 bits per heavy atom. The van der Waals surface area contributed by atoms with Crippen molar-refractivity contribution in [1.29, 1.82) is 0 Å². The van der Waals surface area contributed by atoms with Crippen LogP contribution in [0.1, 0.15) is 0 Å². The van der Waals surface area contributed by atoms with Crippen LogP contribution in [0.2, 0.25) is 0 Å². The van der Waals surface area contributed by atoms with E-state index in [9.17, 15) is 0 Å². The maximum absolute atomic E-state index is 5.93. The second-order valence-corrected chi connectivity index (χ2v) is 6.78. The molecule has 0 spiro atoms. The van der Waals surface area contributed by atoms with Crippen molar-refractivity contribution in [3.63, 3.8) is 0 Å². The first-order valence-electron chi connectivity index (χ1n) is 9.65. The topological polar surface area (TPSA) is 106 Å². The Morgan fingerprint density at radius 1 is 1.31 bits per heavy atom. The van der Waals surface area contributed by atoms with Crippen molar-refractivity contribution in [2.24, 2.45) is 10.7 Å². The molecule has 1 aliphatic heterocycles. The molecule has 0 bridgehead atoms. The minimum atomic E-state index is 0.381. The first-order valence-corrected chi connectivity index (χ1v) is 9.65. The second-order valence-electron chi connectivity index (χ2n) is 6.78. The number of anilines is 1. The summed E-state index contributed by atoms with van der Waals surface area (Å²) in [5.74, 6) is 1.93. The summed E-state index contributed by atoms with van der Waals surface area (Å²) in [7, 11) is 1.81. The van der Waals surface area contributed by atoms with E-state index in [-0.39, 0.29) is 0 Å². The summed E-state index contributed by atoms with van der Waals surface area (Å²) >= 11 is 0. The molecular weight excluding hydrogens is 364 g/mol. The molecule has 4 heterocycles. The Bertz CT molecular complexity index is 1050.